The lowest BCUT2D eigenvalue weighted by atomic mass is 9.98. The Balaban J connectivity index is 2.38. The van der Waals surface area contributed by atoms with Crippen LogP contribution in [0, 0.1) is 0 Å². The quantitative estimate of drug-likeness (QED) is 0.681. The van der Waals surface area contributed by atoms with Crippen molar-refractivity contribution in [1.82, 2.24) is 4.90 Å². The molecule has 1 heterocycles. The molecule has 0 spiro atoms. The fourth-order valence-corrected chi connectivity index (χ4v) is 2.72. The number of nitrogens with two attached hydrogens (primary N) is 1. The maximum atomic E-state index is 9.74. The van der Waals surface area contributed by atoms with Gasteiger partial charge in [-0.15, -0.1) is 0 Å². The van der Waals surface area contributed by atoms with Crippen LogP contribution in [0.2, 0.25) is 0 Å². The van der Waals surface area contributed by atoms with Crippen LogP contribution < -0.4 is 5.73 Å². The summed E-state index contributed by atoms with van der Waals surface area (Å²) in [5.74, 6) is 0. The molecule has 0 aromatic carbocycles. The maximum Gasteiger partial charge on any atom is 0.0682 e. The van der Waals surface area contributed by atoms with E-state index in [-0.39, 0.29) is 12.1 Å². The van der Waals surface area contributed by atoms with Crippen molar-refractivity contribution in [2.75, 3.05) is 13.1 Å². The van der Waals surface area contributed by atoms with Gasteiger partial charge in [0.25, 0.3) is 0 Å². The molecule has 0 aliphatic carbocycles. The molecule has 3 nitrogen and oxygen atoms in total. The Morgan fingerprint density at radius 2 is 2.06 bits per heavy atom. The number of piperidine rings is 1. The number of nitrogens with zero attached hydrogens (tertiary/aromatic N) is 1. The lowest BCUT2D eigenvalue weighted by Gasteiger charge is -2.39. The van der Waals surface area contributed by atoms with Gasteiger partial charge in [-0.2, -0.15) is 0 Å². The first kappa shape index (κ1) is 13.9. The summed E-state index contributed by atoms with van der Waals surface area (Å²) in [7, 11) is 0. The van der Waals surface area contributed by atoms with E-state index >= 15 is 0 Å². The number of hydrogen-bond donors (Lipinski definition) is 2. The standard InChI is InChI=1S/C13H28N2O/c1-3-5-6-7-12(4-2)15-9-11(14)8-13(16)10-15/h11-13,16H,3-10,14H2,1-2H3/t11-,12?,13-/m1/s1. The Kier molecular flexibility index (Phi) is 6.32. The van der Waals surface area contributed by atoms with Gasteiger partial charge in [-0.25, -0.2) is 0 Å². The Morgan fingerprint density at radius 3 is 2.62 bits per heavy atom. The molecule has 0 saturated carbocycles. The van der Waals surface area contributed by atoms with Crippen molar-refractivity contribution in [1.29, 1.82) is 0 Å². The van der Waals surface area contributed by atoms with Crippen molar-refractivity contribution >= 4 is 0 Å². The Morgan fingerprint density at radius 1 is 1.31 bits per heavy atom. The van der Waals surface area contributed by atoms with Crippen molar-refractivity contribution in [2.24, 2.45) is 5.73 Å². The predicted molar refractivity (Wildman–Crippen MR) is 68.4 cm³/mol. The zero-order chi connectivity index (χ0) is 12.0. The fraction of sp³-hybridized carbons (Fsp3) is 1.00. The molecule has 96 valence electrons. The number of hydrogen-bond acceptors (Lipinski definition) is 3. The van der Waals surface area contributed by atoms with Crippen molar-refractivity contribution in [3.8, 4) is 0 Å². The molecular weight excluding hydrogens is 200 g/mol. The lowest BCUT2D eigenvalue weighted by Crippen LogP contribution is -2.52. The monoisotopic (exact) mass is 228 g/mol. The van der Waals surface area contributed by atoms with Crippen LogP contribution in [-0.2, 0) is 0 Å². The van der Waals surface area contributed by atoms with E-state index in [0.717, 1.165) is 19.5 Å². The van der Waals surface area contributed by atoms with Crippen LogP contribution in [0.1, 0.15) is 52.4 Å². The molecule has 0 radical (unpaired) electrons. The molecule has 3 N–H and O–H groups in total. The van der Waals surface area contributed by atoms with Gasteiger partial charge in [0.1, 0.15) is 0 Å². The van der Waals surface area contributed by atoms with Gasteiger partial charge < -0.3 is 10.8 Å². The summed E-state index contributed by atoms with van der Waals surface area (Å²) >= 11 is 0. The normalized spacial score (nSPS) is 29.2. The number of aliphatic hydroxyl groups is 1. The van der Waals surface area contributed by atoms with E-state index in [9.17, 15) is 5.11 Å². The minimum atomic E-state index is -0.219. The number of likely N-dealkylation sites (tertiary alicyclic amines) is 1. The number of unbranched alkanes of at least 4 members (excludes halogenated alkanes) is 2. The van der Waals surface area contributed by atoms with Gasteiger partial charge >= 0.3 is 0 Å². The van der Waals surface area contributed by atoms with E-state index in [0.29, 0.717) is 6.04 Å². The average Bonchev–Trinajstić information content (AvgIpc) is 2.23. The van der Waals surface area contributed by atoms with E-state index in [1.54, 1.807) is 0 Å². The van der Waals surface area contributed by atoms with Gasteiger partial charge in [-0.05, 0) is 19.3 Å². The summed E-state index contributed by atoms with van der Waals surface area (Å²) in [6.07, 6.45) is 6.87. The SMILES string of the molecule is CCCCCC(CC)N1C[C@H](N)C[C@@H](O)C1. The van der Waals surface area contributed by atoms with Crippen LogP contribution in [0.5, 0.6) is 0 Å². The second kappa shape index (κ2) is 7.25. The Labute approximate surface area is 100 Å². The zero-order valence-corrected chi connectivity index (χ0v) is 10.9. The van der Waals surface area contributed by atoms with Gasteiger partial charge in [-0.1, -0.05) is 33.1 Å². The van der Waals surface area contributed by atoms with Crippen molar-refractivity contribution in [2.45, 2.75) is 70.6 Å². The first-order chi connectivity index (χ1) is 7.67. The molecule has 1 unspecified atom stereocenters. The Bertz CT molecular complexity index is 177. The third kappa shape index (κ3) is 4.40. The Hall–Kier alpha value is -0.120. The third-order valence-electron chi connectivity index (χ3n) is 3.62. The van der Waals surface area contributed by atoms with Gasteiger partial charge in [0.15, 0.2) is 0 Å². The molecule has 0 amide bonds. The summed E-state index contributed by atoms with van der Waals surface area (Å²) in [5, 5.41) is 9.74. The lowest BCUT2D eigenvalue weighted by molar-refractivity contribution is 0.0328. The molecule has 0 aromatic rings. The molecule has 0 bridgehead atoms. The van der Waals surface area contributed by atoms with Gasteiger partial charge in [0.05, 0.1) is 6.10 Å². The van der Waals surface area contributed by atoms with E-state index in [2.05, 4.69) is 18.7 Å². The largest absolute Gasteiger partial charge is 0.392 e. The van der Waals surface area contributed by atoms with Crippen LogP contribution in [0.15, 0.2) is 0 Å². The highest BCUT2D eigenvalue weighted by Gasteiger charge is 2.27. The summed E-state index contributed by atoms with van der Waals surface area (Å²) < 4.78 is 0. The third-order valence-corrected chi connectivity index (χ3v) is 3.62. The second-order valence-corrected chi connectivity index (χ2v) is 5.16. The molecule has 16 heavy (non-hydrogen) atoms. The minimum Gasteiger partial charge on any atom is -0.392 e. The zero-order valence-electron chi connectivity index (χ0n) is 10.9. The van der Waals surface area contributed by atoms with Crippen molar-refractivity contribution < 1.29 is 5.11 Å². The van der Waals surface area contributed by atoms with E-state index in [4.69, 9.17) is 5.73 Å². The predicted octanol–water partition coefficient (Wildman–Crippen LogP) is 1.74. The van der Waals surface area contributed by atoms with E-state index in [1.165, 1.54) is 32.1 Å². The molecule has 1 aliphatic heterocycles. The summed E-state index contributed by atoms with van der Waals surface area (Å²) in [5.41, 5.74) is 5.96. The van der Waals surface area contributed by atoms with Crippen LogP contribution in [0.4, 0.5) is 0 Å². The van der Waals surface area contributed by atoms with Crippen molar-refractivity contribution in [3.63, 3.8) is 0 Å². The fourth-order valence-electron chi connectivity index (χ4n) is 2.72. The topological polar surface area (TPSA) is 49.5 Å². The van der Waals surface area contributed by atoms with Crippen LogP contribution in [0.25, 0.3) is 0 Å². The smallest absolute Gasteiger partial charge is 0.0682 e. The highest BCUT2D eigenvalue weighted by molar-refractivity contribution is 4.84. The molecule has 3 heteroatoms. The molecular formula is C13H28N2O. The molecule has 1 fully saturated rings. The highest BCUT2D eigenvalue weighted by atomic mass is 16.3. The molecule has 1 rings (SSSR count). The molecule has 3 atom stereocenters. The number of β-amino-alcohol motifs (C(OH)–C–C–N with tert-alkyl or cyclic N) is 1. The first-order valence-corrected chi connectivity index (χ1v) is 6.85. The van der Waals surface area contributed by atoms with Crippen LogP contribution in [0.3, 0.4) is 0 Å². The summed E-state index contributed by atoms with van der Waals surface area (Å²) in [6.45, 7) is 6.25. The van der Waals surface area contributed by atoms with Crippen LogP contribution in [-0.4, -0.2) is 41.3 Å². The van der Waals surface area contributed by atoms with Gasteiger partial charge in [0.2, 0.25) is 0 Å². The average molecular weight is 228 g/mol. The molecule has 0 aromatic heterocycles. The summed E-state index contributed by atoms with van der Waals surface area (Å²) in [4.78, 5) is 2.40. The molecule has 1 aliphatic rings. The minimum absolute atomic E-state index is 0.156. The maximum absolute atomic E-state index is 9.74. The van der Waals surface area contributed by atoms with Crippen LogP contribution >= 0.6 is 0 Å². The van der Waals surface area contributed by atoms with Crippen molar-refractivity contribution in [3.05, 3.63) is 0 Å². The van der Waals surface area contributed by atoms with E-state index < -0.39 is 0 Å². The highest BCUT2D eigenvalue weighted by Crippen LogP contribution is 2.18. The first-order valence-electron chi connectivity index (χ1n) is 6.85. The summed E-state index contributed by atoms with van der Waals surface area (Å²) in [6, 6.07) is 0.775. The van der Waals surface area contributed by atoms with E-state index in [1.807, 2.05) is 0 Å². The van der Waals surface area contributed by atoms with Gasteiger partial charge in [0, 0.05) is 25.2 Å². The second-order valence-electron chi connectivity index (χ2n) is 5.16. The molecule has 1 saturated heterocycles. The number of rotatable bonds is 6. The number of aliphatic hydroxyl groups excluding tert-OH is 1. The van der Waals surface area contributed by atoms with Gasteiger partial charge in [-0.3, -0.25) is 4.90 Å².